The van der Waals surface area contributed by atoms with Crippen LogP contribution in [0.1, 0.15) is 5.56 Å². The Morgan fingerprint density at radius 3 is 2.50 bits per heavy atom. The molecular formula is C24H26ClN7. The monoisotopic (exact) mass is 447 g/mol. The van der Waals surface area contributed by atoms with Crippen molar-refractivity contribution in [3.63, 3.8) is 0 Å². The van der Waals surface area contributed by atoms with Crippen molar-refractivity contribution in [3.05, 3.63) is 59.2 Å². The van der Waals surface area contributed by atoms with Crippen LogP contribution in [0.25, 0.3) is 22.2 Å². The number of aromatic nitrogens is 3. The van der Waals surface area contributed by atoms with E-state index in [0.29, 0.717) is 16.8 Å². The average Bonchev–Trinajstić information content (AvgIpc) is 3.29. The van der Waals surface area contributed by atoms with Crippen LogP contribution in [0.4, 0.5) is 23.1 Å². The number of nitrogen functional groups attached to an aromatic ring is 1. The summed E-state index contributed by atoms with van der Waals surface area (Å²) < 4.78 is 0. The molecule has 0 unspecified atom stereocenters. The topological polar surface area (TPSA) is 86.1 Å². The van der Waals surface area contributed by atoms with Gasteiger partial charge in [-0.05, 0) is 50.4 Å². The highest BCUT2D eigenvalue weighted by Gasteiger charge is 2.16. The number of nitrogens with one attached hydrogen (secondary N) is 2. The van der Waals surface area contributed by atoms with Crippen molar-refractivity contribution in [1.29, 1.82) is 0 Å². The third kappa shape index (κ3) is 3.85. The molecule has 0 saturated carbocycles. The van der Waals surface area contributed by atoms with Crippen molar-refractivity contribution in [1.82, 2.24) is 19.9 Å². The summed E-state index contributed by atoms with van der Waals surface area (Å²) >= 11 is 6.34. The molecule has 32 heavy (non-hydrogen) atoms. The first-order valence-electron chi connectivity index (χ1n) is 10.7. The van der Waals surface area contributed by atoms with Crippen molar-refractivity contribution >= 4 is 45.6 Å². The minimum Gasteiger partial charge on any atom is -0.383 e. The van der Waals surface area contributed by atoms with Crippen molar-refractivity contribution in [3.8, 4) is 11.3 Å². The molecule has 0 atom stereocenters. The van der Waals surface area contributed by atoms with Gasteiger partial charge in [-0.1, -0.05) is 17.7 Å². The summed E-state index contributed by atoms with van der Waals surface area (Å²) in [6.45, 7) is 6.18. The number of halogens is 1. The minimum atomic E-state index is 0.449. The van der Waals surface area contributed by atoms with Gasteiger partial charge in [-0.15, -0.1) is 0 Å². The number of fused-ring (bicyclic) bond motifs is 1. The van der Waals surface area contributed by atoms with Gasteiger partial charge in [0.25, 0.3) is 0 Å². The minimum absolute atomic E-state index is 0.449. The van der Waals surface area contributed by atoms with Gasteiger partial charge in [0.05, 0.1) is 16.2 Å². The molecule has 1 aliphatic rings. The Bertz CT molecular complexity index is 1260. The molecule has 0 spiro atoms. The van der Waals surface area contributed by atoms with Crippen LogP contribution < -0.4 is 16.0 Å². The average molecular weight is 448 g/mol. The smallest absolute Gasteiger partial charge is 0.229 e. The highest BCUT2D eigenvalue weighted by molar-refractivity contribution is 6.35. The third-order valence-corrected chi connectivity index (χ3v) is 6.42. The van der Waals surface area contributed by atoms with Gasteiger partial charge in [0.15, 0.2) is 0 Å². The molecule has 0 bridgehead atoms. The SMILES string of the molecule is Cc1c(N)nc(Nc2ccc(N3CCN(C)CC3)cc2)nc1-c1ccc(Cl)c2[nH]ccc12. The fourth-order valence-corrected chi connectivity index (χ4v) is 4.35. The first kappa shape index (κ1) is 20.6. The molecule has 164 valence electrons. The van der Waals surface area contributed by atoms with Crippen LogP contribution in [0, 0.1) is 6.92 Å². The van der Waals surface area contributed by atoms with E-state index in [-0.39, 0.29) is 0 Å². The van der Waals surface area contributed by atoms with Crippen LogP contribution in [0.3, 0.4) is 0 Å². The Morgan fingerprint density at radius 1 is 1.00 bits per heavy atom. The van der Waals surface area contributed by atoms with E-state index in [2.05, 4.69) is 56.4 Å². The second-order valence-corrected chi connectivity index (χ2v) is 8.64. The Balaban J connectivity index is 1.43. The molecule has 1 saturated heterocycles. The molecule has 1 aliphatic heterocycles. The van der Waals surface area contributed by atoms with E-state index >= 15 is 0 Å². The molecule has 0 aliphatic carbocycles. The number of nitrogens with zero attached hydrogens (tertiary/aromatic N) is 4. The van der Waals surface area contributed by atoms with E-state index in [1.165, 1.54) is 5.69 Å². The van der Waals surface area contributed by atoms with Crippen LogP contribution in [-0.2, 0) is 0 Å². The third-order valence-electron chi connectivity index (χ3n) is 6.10. The highest BCUT2D eigenvalue weighted by atomic mass is 35.5. The zero-order valence-electron chi connectivity index (χ0n) is 18.2. The van der Waals surface area contributed by atoms with E-state index in [0.717, 1.165) is 59.6 Å². The van der Waals surface area contributed by atoms with E-state index < -0.39 is 0 Å². The van der Waals surface area contributed by atoms with Gasteiger partial charge in [0, 0.05) is 60.3 Å². The highest BCUT2D eigenvalue weighted by Crippen LogP contribution is 2.35. The fourth-order valence-electron chi connectivity index (χ4n) is 4.13. The maximum Gasteiger partial charge on any atom is 0.229 e. The maximum absolute atomic E-state index is 6.34. The number of H-pyrrole nitrogens is 1. The van der Waals surface area contributed by atoms with Crippen molar-refractivity contribution in [2.45, 2.75) is 6.92 Å². The van der Waals surface area contributed by atoms with E-state index in [4.69, 9.17) is 22.3 Å². The Hall–Kier alpha value is -3.29. The summed E-state index contributed by atoms with van der Waals surface area (Å²) in [7, 11) is 2.16. The lowest BCUT2D eigenvalue weighted by atomic mass is 10.0. The summed E-state index contributed by atoms with van der Waals surface area (Å²) in [6.07, 6.45) is 1.88. The molecule has 8 heteroatoms. The first-order valence-corrected chi connectivity index (χ1v) is 11.1. The van der Waals surface area contributed by atoms with Crippen LogP contribution in [0.15, 0.2) is 48.7 Å². The second kappa shape index (κ2) is 8.33. The number of hydrogen-bond acceptors (Lipinski definition) is 6. The Kier molecular flexibility index (Phi) is 5.36. The molecule has 7 nitrogen and oxygen atoms in total. The molecule has 5 rings (SSSR count). The van der Waals surface area contributed by atoms with Crippen molar-refractivity contribution < 1.29 is 0 Å². The Labute approximate surface area is 192 Å². The largest absolute Gasteiger partial charge is 0.383 e. The van der Waals surface area contributed by atoms with Crippen LogP contribution in [0.5, 0.6) is 0 Å². The van der Waals surface area contributed by atoms with Gasteiger partial charge in [-0.2, -0.15) is 4.98 Å². The number of rotatable bonds is 4. The normalized spacial score (nSPS) is 14.8. The van der Waals surface area contributed by atoms with Crippen molar-refractivity contribution in [2.24, 2.45) is 0 Å². The summed E-state index contributed by atoms with van der Waals surface area (Å²) in [4.78, 5) is 17.2. The maximum atomic E-state index is 6.34. The predicted octanol–water partition coefficient (Wildman–Crippen LogP) is 4.66. The molecular weight excluding hydrogens is 422 g/mol. The van der Waals surface area contributed by atoms with E-state index in [1.807, 2.05) is 31.3 Å². The number of likely N-dealkylation sites (N-methyl/N-ethyl adjacent to an activating group) is 1. The predicted molar refractivity (Wildman–Crippen MR) is 133 cm³/mol. The summed E-state index contributed by atoms with van der Waals surface area (Å²) in [6, 6.07) is 14.2. The number of anilines is 4. The van der Waals surface area contributed by atoms with Crippen LogP contribution in [-0.4, -0.2) is 53.1 Å². The number of benzene rings is 2. The summed E-state index contributed by atoms with van der Waals surface area (Å²) in [5.41, 5.74) is 11.9. The lowest BCUT2D eigenvalue weighted by molar-refractivity contribution is 0.313. The lowest BCUT2D eigenvalue weighted by Crippen LogP contribution is -2.44. The zero-order chi connectivity index (χ0) is 22.2. The second-order valence-electron chi connectivity index (χ2n) is 8.23. The molecule has 4 N–H and O–H groups in total. The van der Waals surface area contributed by atoms with Gasteiger partial charge >= 0.3 is 0 Å². The van der Waals surface area contributed by atoms with Gasteiger partial charge in [0.2, 0.25) is 5.95 Å². The number of hydrogen-bond donors (Lipinski definition) is 3. The van der Waals surface area contributed by atoms with Crippen LogP contribution in [0.2, 0.25) is 5.02 Å². The number of piperazine rings is 1. The van der Waals surface area contributed by atoms with Gasteiger partial charge in [0.1, 0.15) is 5.82 Å². The van der Waals surface area contributed by atoms with Crippen molar-refractivity contribution in [2.75, 3.05) is 49.2 Å². The number of aromatic amines is 1. The molecule has 0 radical (unpaired) electrons. The van der Waals surface area contributed by atoms with Gasteiger partial charge < -0.3 is 25.8 Å². The molecule has 2 aromatic heterocycles. The molecule has 2 aromatic carbocycles. The van der Waals surface area contributed by atoms with Crippen LogP contribution >= 0.6 is 11.6 Å². The molecule has 0 amide bonds. The number of nitrogens with two attached hydrogens (primary N) is 1. The summed E-state index contributed by atoms with van der Waals surface area (Å²) in [5, 5.41) is 4.98. The van der Waals surface area contributed by atoms with Gasteiger partial charge in [-0.25, -0.2) is 4.98 Å². The standard InChI is InChI=1S/C24H26ClN7/c1-15-21(18-7-8-20(25)22-19(18)9-10-27-22)29-24(30-23(15)26)28-16-3-5-17(6-4-16)32-13-11-31(2)12-14-32/h3-10,27H,11-14H2,1-2H3,(H3,26,28,29,30). The van der Waals surface area contributed by atoms with E-state index in [9.17, 15) is 0 Å². The molecule has 3 heterocycles. The molecule has 4 aromatic rings. The lowest BCUT2D eigenvalue weighted by Gasteiger charge is -2.34. The van der Waals surface area contributed by atoms with Gasteiger partial charge in [-0.3, -0.25) is 0 Å². The molecule has 1 fully saturated rings. The fraction of sp³-hybridized carbons (Fsp3) is 0.250. The quantitative estimate of drug-likeness (QED) is 0.421. The van der Waals surface area contributed by atoms with E-state index in [1.54, 1.807) is 0 Å². The zero-order valence-corrected chi connectivity index (χ0v) is 18.9. The summed E-state index contributed by atoms with van der Waals surface area (Å²) in [5.74, 6) is 0.916. The first-order chi connectivity index (χ1) is 15.5. The Morgan fingerprint density at radius 2 is 1.75 bits per heavy atom.